The normalized spacial score (nSPS) is 19.1. The molecule has 1 aromatic carbocycles. The third-order valence-corrected chi connectivity index (χ3v) is 3.72. The standard InChI is InChI=1S/C14H13F3N2O/c1-7-3-9-4-12-13(20)18-6-8(2)19(12)11(9)5-10(7)14(15,16)17/h3-5,8H,6H2,1-2H3,(H,18,20)/t8-/m1/s1. The number of nitrogens with zero attached hydrogens (tertiary/aromatic N) is 1. The Morgan fingerprint density at radius 3 is 2.65 bits per heavy atom. The summed E-state index contributed by atoms with van der Waals surface area (Å²) in [6.45, 7) is 3.72. The van der Waals surface area contributed by atoms with Crippen LogP contribution in [0, 0.1) is 6.92 Å². The summed E-state index contributed by atoms with van der Waals surface area (Å²) in [5.74, 6) is -0.245. The molecule has 1 amide bonds. The molecule has 106 valence electrons. The zero-order valence-electron chi connectivity index (χ0n) is 11.0. The van der Waals surface area contributed by atoms with Crippen LogP contribution >= 0.6 is 0 Å². The van der Waals surface area contributed by atoms with E-state index in [-0.39, 0.29) is 17.5 Å². The number of amides is 1. The van der Waals surface area contributed by atoms with Gasteiger partial charge in [-0.2, -0.15) is 13.2 Å². The number of carbonyl (C=O) groups is 1. The number of aryl methyl sites for hydroxylation is 1. The summed E-state index contributed by atoms with van der Waals surface area (Å²) in [6, 6.07) is 4.21. The molecule has 0 radical (unpaired) electrons. The van der Waals surface area contributed by atoms with Crippen molar-refractivity contribution in [2.24, 2.45) is 0 Å². The van der Waals surface area contributed by atoms with Gasteiger partial charge < -0.3 is 9.88 Å². The fraction of sp³-hybridized carbons (Fsp3) is 0.357. The molecule has 0 aliphatic carbocycles. The van der Waals surface area contributed by atoms with Gasteiger partial charge in [0.05, 0.1) is 5.56 Å². The highest BCUT2D eigenvalue weighted by molar-refractivity contribution is 6.00. The van der Waals surface area contributed by atoms with Crippen LogP contribution in [-0.4, -0.2) is 17.0 Å². The molecular weight excluding hydrogens is 269 g/mol. The Kier molecular flexibility index (Phi) is 2.61. The van der Waals surface area contributed by atoms with E-state index in [1.807, 2.05) is 6.92 Å². The van der Waals surface area contributed by atoms with E-state index in [1.54, 1.807) is 10.6 Å². The molecule has 0 unspecified atom stereocenters. The Bertz CT molecular complexity index is 715. The van der Waals surface area contributed by atoms with E-state index in [9.17, 15) is 18.0 Å². The fourth-order valence-corrected chi connectivity index (χ4v) is 2.77. The van der Waals surface area contributed by atoms with Gasteiger partial charge in [-0.25, -0.2) is 0 Å². The molecule has 0 spiro atoms. The summed E-state index contributed by atoms with van der Waals surface area (Å²) in [6.07, 6.45) is -4.39. The van der Waals surface area contributed by atoms with Crippen molar-refractivity contribution in [2.75, 3.05) is 6.54 Å². The van der Waals surface area contributed by atoms with E-state index in [0.717, 1.165) is 6.07 Å². The number of rotatable bonds is 0. The van der Waals surface area contributed by atoms with Crippen molar-refractivity contribution in [3.8, 4) is 0 Å². The van der Waals surface area contributed by atoms with Crippen LogP contribution in [0.3, 0.4) is 0 Å². The van der Waals surface area contributed by atoms with E-state index in [2.05, 4.69) is 5.32 Å². The van der Waals surface area contributed by atoms with Crippen LogP contribution in [-0.2, 0) is 6.18 Å². The summed E-state index contributed by atoms with van der Waals surface area (Å²) >= 11 is 0. The lowest BCUT2D eigenvalue weighted by molar-refractivity contribution is -0.137. The summed E-state index contributed by atoms with van der Waals surface area (Å²) in [7, 11) is 0. The van der Waals surface area contributed by atoms with Crippen molar-refractivity contribution in [1.82, 2.24) is 9.88 Å². The second kappa shape index (κ2) is 4.01. The molecule has 1 aromatic heterocycles. The van der Waals surface area contributed by atoms with Crippen LogP contribution in [0.4, 0.5) is 13.2 Å². The minimum absolute atomic E-state index is 0.0658. The average Bonchev–Trinajstić information content (AvgIpc) is 2.71. The molecule has 2 aromatic rings. The highest BCUT2D eigenvalue weighted by Crippen LogP contribution is 2.36. The summed E-state index contributed by atoms with van der Waals surface area (Å²) in [5, 5.41) is 3.39. The van der Waals surface area contributed by atoms with Gasteiger partial charge in [0.25, 0.3) is 5.91 Å². The monoisotopic (exact) mass is 282 g/mol. The second-order valence-electron chi connectivity index (χ2n) is 5.18. The van der Waals surface area contributed by atoms with Gasteiger partial charge in [0.15, 0.2) is 0 Å². The molecular formula is C14H13F3N2O. The molecule has 3 nitrogen and oxygen atoms in total. The molecule has 1 atom stereocenters. The van der Waals surface area contributed by atoms with Crippen LogP contribution in [0.15, 0.2) is 18.2 Å². The zero-order valence-corrected chi connectivity index (χ0v) is 11.0. The Morgan fingerprint density at radius 1 is 1.30 bits per heavy atom. The van der Waals surface area contributed by atoms with Gasteiger partial charge in [-0.05, 0) is 37.6 Å². The second-order valence-corrected chi connectivity index (χ2v) is 5.18. The number of nitrogens with one attached hydrogen (secondary N) is 1. The number of aromatic nitrogens is 1. The lowest BCUT2D eigenvalue weighted by Gasteiger charge is -2.24. The Morgan fingerprint density at radius 2 is 2.00 bits per heavy atom. The molecule has 20 heavy (non-hydrogen) atoms. The predicted octanol–water partition coefficient (Wildman–Crippen LogP) is 3.27. The van der Waals surface area contributed by atoms with Crippen LogP contribution in [0.1, 0.15) is 34.6 Å². The Balaban J connectivity index is 2.34. The van der Waals surface area contributed by atoms with Gasteiger partial charge in [-0.3, -0.25) is 4.79 Å². The molecule has 1 N–H and O–H groups in total. The van der Waals surface area contributed by atoms with Crippen molar-refractivity contribution in [3.05, 3.63) is 35.0 Å². The molecule has 0 saturated carbocycles. The topological polar surface area (TPSA) is 34.0 Å². The third-order valence-electron chi connectivity index (χ3n) is 3.72. The molecule has 3 rings (SSSR count). The van der Waals surface area contributed by atoms with E-state index in [4.69, 9.17) is 0 Å². The number of halogens is 3. The zero-order chi connectivity index (χ0) is 14.7. The van der Waals surface area contributed by atoms with Crippen LogP contribution < -0.4 is 5.32 Å². The minimum atomic E-state index is -4.39. The maximum Gasteiger partial charge on any atom is 0.416 e. The summed E-state index contributed by atoms with van der Waals surface area (Å²) in [4.78, 5) is 11.8. The average molecular weight is 282 g/mol. The van der Waals surface area contributed by atoms with E-state index >= 15 is 0 Å². The van der Waals surface area contributed by atoms with Gasteiger partial charge in [-0.1, -0.05) is 0 Å². The Hall–Kier alpha value is -1.98. The van der Waals surface area contributed by atoms with Crippen molar-refractivity contribution in [3.63, 3.8) is 0 Å². The van der Waals surface area contributed by atoms with Crippen LogP contribution in [0.25, 0.3) is 10.9 Å². The van der Waals surface area contributed by atoms with Crippen molar-refractivity contribution >= 4 is 16.8 Å². The summed E-state index contributed by atoms with van der Waals surface area (Å²) in [5.41, 5.74) is 0.392. The molecule has 1 aliphatic heterocycles. The number of hydrogen-bond acceptors (Lipinski definition) is 1. The molecule has 1 aliphatic rings. The molecule has 2 heterocycles. The smallest absolute Gasteiger partial charge is 0.349 e. The number of carbonyl (C=O) groups excluding carboxylic acids is 1. The first-order valence-electron chi connectivity index (χ1n) is 6.30. The fourth-order valence-electron chi connectivity index (χ4n) is 2.77. The third kappa shape index (κ3) is 1.78. The SMILES string of the molecule is Cc1cc2cc3n(c2cc1C(F)(F)F)[C@H](C)CNC3=O. The number of alkyl halides is 3. The maximum atomic E-state index is 13.0. The van der Waals surface area contributed by atoms with Crippen molar-refractivity contribution in [2.45, 2.75) is 26.1 Å². The van der Waals surface area contributed by atoms with Crippen LogP contribution in [0.2, 0.25) is 0 Å². The van der Waals surface area contributed by atoms with Crippen LogP contribution in [0.5, 0.6) is 0 Å². The van der Waals surface area contributed by atoms with Gasteiger partial charge in [0.1, 0.15) is 5.69 Å². The van der Waals surface area contributed by atoms with Gasteiger partial charge >= 0.3 is 6.18 Å². The molecule has 0 bridgehead atoms. The van der Waals surface area contributed by atoms with Crippen molar-refractivity contribution < 1.29 is 18.0 Å². The maximum absolute atomic E-state index is 13.0. The van der Waals surface area contributed by atoms with Crippen molar-refractivity contribution in [1.29, 1.82) is 0 Å². The summed E-state index contributed by atoms with van der Waals surface area (Å²) < 4.78 is 40.7. The van der Waals surface area contributed by atoms with Gasteiger partial charge in [-0.15, -0.1) is 0 Å². The number of fused-ring (bicyclic) bond motifs is 3. The number of benzene rings is 1. The quantitative estimate of drug-likeness (QED) is 0.790. The highest BCUT2D eigenvalue weighted by atomic mass is 19.4. The van der Waals surface area contributed by atoms with E-state index in [0.29, 0.717) is 23.1 Å². The first-order chi connectivity index (χ1) is 9.29. The highest BCUT2D eigenvalue weighted by Gasteiger charge is 2.34. The largest absolute Gasteiger partial charge is 0.416 e. The van der Waals surface area contributed by atoms with E-state index in [1.165, 1.54) is 13.0 Å². The Labute approximate surface area is 113 Å². The van der Waals surface area contributed by atoms with Gasteiger partial charge in [0, 0.05) is 23.5 Å². The van der Waals surface area contributed by atoms with Gasteiger partial charge in [0.2, 0.25) is 0 Å². The molecule has 0 saturated heterocycles. The number of hydrogen-bond donors (Lipinski definition) is 1. The first kappa shape index (κ1) is 13.0. The first-order valence-corrected chi connectivity index (χ1v) is 6.30. The minimum Gasteiger partial charge on any atom is -0.349 e. The molecule has 0 fully saturated rings. The lowest BCUT2D eigenvalue weighted by Crippen LogP contribution is -2.37. The molecule has 6 heteroatoms. The lowest BCUT2D eigenvalue weighted by atomic mass is 10.1. The predicted molar refractivity (Wildman–Crippen MR) is 68.7 cm³/mol. The van der Waals surface area contributed by atoms with E-state index < -0.39 is 11.7 Å².